The second-order valence-electron chi connectivity index (χ2n) is 7.98. The molecule has 1 aliphatic rings. The highest BCUT2D eigenvalue weighted by molar-refractivity contribution is 7.17. The third-order valence-corrected chi connectivity index (χ3v) is 6.85. The molecule has 0 unspecified atom stereocenters. The van der Waals surface area contributed by atoms with E-state index in [9.17, 15) is 19.5 Å². The van der Waals surface area contributed by atoms with E-state index in [0.29, 0.717) is 23.4 Å². The zero-order chi connectivity index (χ0) is 22.2. The van der Waals surface area contributed by atoms with Crippen molar-refractivity contribution in [2.75, 3.05) is 5.32 Å². The second-order valence-corrected chi connectivity index (χ2v) is 9.20. The number of thiophene rings is 1. The predicted octanol–water partition coefficient (Wildman–Crippen LogP) is 4.52. The number of carbonyl (C=O) groups excluding carboxylic acids is 2. The van der Waals surface area contributed by atoms with Gasteiger partial charge in [-0.2, -0.15) is 0 Å². The molecule has 1 heterocycles. The number of anilines is 1. The van der Waals surface area contributed by atoms with Gasteiger partial charge >= 0.3 is 5.97 Å². The molecule has 158 valence electrons. The predicted molar refractivity (Wildman–Crippen MR) is 119 cm³/mol. The average molecular weight is 427 g/mol. The van der Waals surface area contributed by atoms with Crippen LogP contribution in [0.15, 0.2) is 35.4 Å². The molecule has 0 spiro atoms. The van der Waals surface area contributed by atoms with Crippen LogP contribution in [0, 0.1) is 25.7 Å². The highest BCUT2D eigenvalue weighted by atomic mass is 32.1. The summed E-state index contributed by atoms with van der Waals surface area (Å²) in [4.78, 5) is 38.0. The maximum absolute atomic E-state index is 13.1. The van der Waals surface area contributed by atoms with E-state index >= 15 is 0 Å². The van der Waals surface area contributed by atoms with E-state index in [1.165, 1.54) is 11.3 Å². The molecule has 6 nitrogen and oxygen atoms in total. The van der Waals surface area contributed by atoms with Crippen LogP contribution in [-0.4, -0.2) is 22.9 Å². The number of nitrogens with one attached hydrogen (secondary N) is 1. The molecular weight excluding hydrogens is 400 g/mol. The zero-order valence-corrected chi connectivity index (χ0v) is 18.4. The van der Waals surface area contributed by atoms with Crippen molar-refractivity contribution in [3.8, 4) is 11.1 Å². The normalized spacial score (nSPS) is 18.9. The number of allylic oxidation sites excluding steroid dienone is 2. The molecule has 0 saturated heterocycles. The Labute approximate surface area is 179 Å². The molecule has 1 aromatic heterocycles. The number of carboxylic acid groups (broad SMARTS) is 1. The van der Waals surface area contributed by atoms with E-state index in [4.69, 9.17) is 5.73 Å². The molecule has 2 aromatic rings. The number of aliphatic carboxylic acids is 1. The van der Waals surface area contributed by atoms with Crippen LogP contribution in [0.5, 0.6) is 0 Å². The topological polar surface area (TPSA) is 109 Å². The number of rotatable bonds is 5. The van der Waals surface area contributed by atoms with Gasteiger partial charge in [0.15, 0.2) is 0 Å². The molecule has 0 aliphatic heterocycles. The number of carbonyl (C=O) groups is 3. The smallest absolute Gasteiger partial charge is 0.307 e. The molecule has 30 heavy (non-hydrogen) atoms. The van der Waals surface area contributed by atoms with Crippen LogP contribution in [-0.2, 0) is 9.59 Å². The lowest BCUT2D eigenvalue weighted by molar-refractivity contribution is -0.146. The van der Waals surface area contributed by atoms with Gasteiger partial charge in [-0.25, -0.2) is 0 Å². The van der Waals surface area contributed by atoms with Crippen molar-refractivity contribution in [1.29, 1.82) is 0 Å². The van der Waals surface area contributed by atoms with Gasteiger partial charge < -0.3 is 16.2 Å². The Bertz CT molecular complexity index is 1050. The van der Waals surface area contributed by atoms with E-state index in [2.05, 4.69) is 5.32 Å². The summed E-state index contributed by atoms with van der Waals surface area (Å²) in [6.45, 7) is 7.68. The molecule has 1 aliphatic carbocycles. The quantitative estimate of drug-likeness (QED) is 0.611. The Morgan fingerprint density at radius 2 is 1.57 bits per heavy atom. The number of hydrogen-bond donors (Lipinski definition) is 3. The van der Waals surface area contributed by atoms with Crippen LogP contribution >= 0.6 is 11.3 Å². The van der Waals surface area contributed by atoms with Gasteiger partial charge in [-0.15, -0.1) is 11.3 Å². The first-order valence-corrected chi connectivity index (χ1v) is 10.6. The van der Waals surface area contributed by atoms with E-state index in [1.54, 1.807) is 0 Å². The van der Waals surface area contributed by atoms with Crippen molar-refractivity contribution in [2.24, 2.45) is 17.6 Å². The van der Waals surface area contributed by atoms with Crippen molar-refractivity contribution < 1.29 is 19.5 Å². The number of benzene rings is 1. The van der Waals surface area contributed by atoms with Crippen LogP contribution in [0.4, 0.5) is 5.00 Å². The Kier molecular flexibility index (Phi) is 6.12. The molecule has 1 aromatic carbocycles. The van der Waals surface area contributed by atoms with E-state index in [0.717, 1.165) is 27.2 Å². The highest BCUT2D eigenvalue weighted by Gasteiger charge is 2.38. The summed E-state index contributed by atoms with van der Waals surface area (Å²) >= 11 is 1.28. The number of amides is 2. The van der Waals surface area contributed by atoms with Gasteiger partial charge in [-0.1, -0.05) is 41.0 Å². The number of nitrogens with two attached hydrogens (primary N) is 1. The van der Waals surface area contributed by atoms with Gasteiger partial charge in [0.05, 0.1) is 17.4 Å². The minimum absolute atomic E-state index is 0.265. The van der Waals surface area contributed by atoms with E-state index in [-0.39, 0.29) is 5.56 Å². The van der Waals surface area contributed by atoms with Crippen LogP contribution in [0.2, 0.25) is 0 Å². The maximum atomic E-state index is 13.1. The van der Waals surface area contributed by atoms with Gasteiger partial charge in [0.25, 0.3) is 5.91 Å². The molecule has 0 saturated carbocycles. The fraction of sp³-hybridized carbons (Fsp3) is 0.348. The first-order chi connectivity index (χ1) is 14.1. The third-order valence-electron chi connectivity index (χ3n) is 5.83. The van der Waals surface area contributed by atoms with Crippen LogP contribution < -0.4 is 11.1 Å². The average Bonchev–Trinajstić information content (AvgIpc) is 2.99. The third kappa shape index (κ3) is 4.16. The SMILES string of the molecule is CC1=C(C)C[C@@H](C(=O)Nc2sc(C)c(-c3ccc(C)cc3)c2C(N)=O)[C@H](C(=O)O)C1. The standard InChI is InChI=1S/C23H26N2O4S/c1-11-5-7-15(8-6-11)18-14(4)30-22(19(18)20(24)26)25-21(27)16-9-12(2)13(3)10-17(16)23(28)29/h5-8,16-17H,9-10H2,1-4H3,(H2,24,26)(H,25,27)(H,28,29)/t16-,17-/m1/s1. The second kappa shape index (κ2) is 8.44. The van der Waals surface area contributed by atoms with Crippen molar-refractivity contribution in [2.45, 2.75) is 40.5 Å². The largest absolute Gasteiger partial charge is 0.481 e. The molecule has 0 fully saturated rings. The Morgan fingerprint density at radius 1 is 1.00 bits per heavy atom. The summed E-state index contributed by atoms with van der Waals surface area (Å²) < 4.78 is 0. The summed E-state index contributed by atoms with van der Waals surface area (Å²) in [6, 6.07) is 7.74. The van der Waals surface area contributed by atoms with Crippen LogP contribution in [0.1, 0.15) is 47.5 Å². The summed E-state index contributed by atoms with van der Waals surface area (Å²) in [7, 11) is 0. The monoisotopic (exact) mass is 426 g/mol. The molecule has 7 heteroatoms. The van der Waals surface area contributed by atoms with Crippen molar-refractivity contribution in [1.82, 2.24) is 0 Å². The van der Waals surface area contributed by atoms with Gasteiger partial charge in [-0.05, 0) is 46.1 Å². The molecule has 2 amide bonds. The van der Waals surface area contributed by atoms with Gasteiger partial charge in [0, 0.05) is 10.4 Å². The Balaban J connectivity index is 1.97. The van der Waals surface area contributed by atoms with E-state index < -0.39 is 29.6 Å². The van der Waals surface area contributed by atoms with Gasteiger partial charge in [0.1, 0.15) is 5.00 Å². The lowest BCUT2D eigenvalue weighted by atomic mass is 9.76. The Hall–Kier alpha value is -2.93. The molecule has 0 radical (unpaired) electrons. The number of aryl methyl sites for hydroxylation is 2. The highest BCUT2D eigenvalue weighted by Crippen LogP contribution is 2.41. The minimum Gasteiger partial charge on any atom is -0.481 e. The summed E-state index contributed by atoms with van der Waals surface area (Å²) in [6.07, 6.45) is 0.732. The number of hydrogen-bond acceptors (Lipinski definition) is 4. The lowest BCUT2D eigenvalue weighted by Crippen LogP contribution is -2.36. The lowest BCUT2D eigenvalue weighted by Gasteiger charge is -2.29. The molecular formula is C23H26N2O4S. The van der Waals surface area contributed by atoms with Crippen molar-refractivity contribution >= 4 is 34.1 Å². The van der Waals surface area contributed by atoms with Crippen LogP contribution in [0.25, 0.3) is 11.1 Å². The minimum atomic E-state index is -0.986. The zero-order valence-electron chi connectivity index (χ0n) is 17.5. The Morgan fingerprint density at radius 3 is 2.10 bits per heavy atom. The van der Waals surface area contributed by atoms with Crippen LogP contribution in [0.3, 0.4) is 0 Å². The molecule has 3 rings (SSSR count). The summed E-state index contributed by atoms with van der Waals surface area (Å²) in [5.41, 5.74) is 10.6. The number of primary amides is 1. The summed E-state index contributed by atoms with van der Waals surface area (Å²) in [5, 5.41) is 12.8. The van der Waals surface area contributed by atoms with Crippen molar-refractivity contribution in [3.63, 3.8) is 0 Å². The van der Waals surface area contributed by atoms with Gasteiger partial charge in [-0.3, -0.25) is 14.4 Å². The number of carboxylic acids is 1. The molecule has 4 N–H and O–H groups in total. The summed E-state index contributed by atoms with van der Waals surface area (Å²) in [5.74, 6) is -3.50. The fourth-order valence-electron chi connectivity index (χ4n) is 3.97. The first kappa shape index (κ1) is 21.8. The van der Waals surface area contributed by atoms with E-state index in [1.807, 2.05) is 52.0 Å². The molecule has 0 bridgehead atoms. The maximum Gasteiger partial charge on any atom is 0.307 e. The van der Waals surface area contributed by atoms with Gasteiger partial charge in [0.2, 0.25) is 5.91 Å². The fourth-order valence-corrected chi connectivity index (χ4v) is 5.05. The van der Waals surface area contributed by atoms with Crippen molar-refractivity contribution in [3.05, 3.63) is 51.4 Å². The first-order valence-electron chi connectivity index (χ1n) is 9.79. The molecule has 2 atom stereocenters.